The molecule has 3 heteroatoms. The van der Waals surface area contributed by atoms with E-state index in [2.05, 4.69) is 22.9 Å². The molecule has 1 atom stereocenters. The first-order valence-corrected chi connectivity index (χ1v) is 8.02. The van der Waals surface area contributed by atoms with Crippen LogP contribution >= 0.6 is 15.9 Å². The van der Waals surface area contributed by atoms with Gasteiger partial charge in [-0.2, -0.15) is 0 Å². The minimum Gasteiger partial charge on any atom is -0.392 e. The molecule has 0 heterocycles. The van der Waals surface area contributed by atoms with Crippen molar-refractivity contribution >= 4 is 15.9 Å². The molecule has 1 aromatic rings. The molecule has 1 nitrogen and oxygen atoms in total. The third-order valence-corrected chi connectivity index (χ3v) is 5.36. The summed E-state index contributed by atoms with van der Waals surface area (Å²) in [6.07, 6.45) is 6.10. The fourth-order valence-corrected chi connectivity index (χ4v) is 3.51. The minimum absolute atomic E-state index is 0.251. The summed E-state index contributed by atoms with van der Waals surface area (Å²) in [5.74, 6) is 0.960. The van der Waals surface area contributed by atoms with Gasteiger partial charge in [0.15, 0.2) is 0 Å². The van der Waals surface area contributed by atoms with Crippen LogP contribution in [0.4, 0.5) is 4.39 Å². The fourth-order valence-electron chi connectivity index (χ4n) is 3.08. The van der Waals surface area contributed by atoms with Crippen molar-refractivity contribution in [3.8, 4) is 0 Å². The van der Waals surface area contributed by atoms with Gasteiger partial charge in [-0.3, -0.25) is 0 Å². The maximum absolute atomic E-state index is 13.4. The molecule has 1 aliphatic rings. The minimum atomic E-state index is -0.351. The molecule has 0 bridgehead atoms. The van der Waals surface area contributed by atoms with Crippen LogP contribution < -0.4 is 0 Å². The van der Waals surface area contributed by atoms with Gasteiger partial charge in [-0.15, -0.1) is 0 Å². The Morgan fingerprint density at radius 2 is 2.00 bits per heavy atom. The lowest BCUT2D eigenvalue weighted by Crippen LogP contribution is -2.27. The second kappa shape index (κ2) is 6.85. The molecule has 0 spiro atoms. The molecule has 0 aromatic heterocycles. The first kappa shape index (κ1) is 15.0. The van der Waals surface area contributed by atoms with E-state index < -0.39 is 0 Å². The predicted molar refractivity (Wildman–Crippen MR) is 79.5 cm³/mol. The molecule has 1 saturated carbocycles. The Morgan fingerprint density at radius 1 is 1.32 bits per heavy atom. The van der Waals surface area contributed by atoms with E-state index in [1.165, 1.54) is 25.3 Å². The standard InChI is InChI=1S/C16H22BrFO/c1-2-11-6-8-12(9-7-11)15(19)10-13-4-3-5-14(18)16(13)17/h3-5,11-12,15,19H,2,6-10H2,1H3. The zero-order chi connectivity index (χ0) is 13.8. The Labute approximate surface area is 123 Å². The van der Waals surface area contributed by atoms with Crippen LogP contribution in [0, 0.1) is 17.7 Å². The SMILES string of the molecule is CCC1CCC(C(O)Cc2cccc(F)c2Br)CC1. The van der Waals surface area contributed by atoms with Crippen LogP contribution in [0.25, 0.3) is 0 Å². The molecule has 1 fully saturated rings. The Hall–Kier alpha value is -0.410. The van der Waals surface area contributed by atoms with Gasteiger partial charge in [-0.05, 0) is 58.7 Å². The van der Waals surface area contributed by atoms with E-state index in [4.69, 9.17) is 0 Å². The predicted octanol–water partition coefficient (Wildman–Crippen LogP) is 4.71. The van der Waals surface area contributed by atoms with Gasteiger partial charge >= 0.3 is 0 Å². The molecule has 1 aromatic carbocycles. The maximum Gasteiger partial charge on any atom is 0.137 e. The Kier molecular flexibility index (Phi) is 5.40. The fraction of sp³-hybridized carbons (Fsp3) is 0.625. The van der Waals surface area contributed by atoms with Crippen LogP contribution in [0.15, 0.2) is 22.7 Å². The summed E-state index contributed by atoms with van der Waals surface area (Å²) in [6.45, 7) is 2.24. The van der Waals surface area contributed by atoms with E-state index >= 15 is 0 Å². The number of hydrogen-bond acceptors (Lipinski definition) is 1. The zero-order valence-electron chi connectivity index (χ0n) is 11.4. The Balaban J connectivity index is 1.94. The second-order valence-electron chi connectivity index (χ2n) is 5.67. The maximum atomic E-state index is 13.4. The lowest BCUT2D eigenvalue weighted by Gasteiger charge is -2.31. The topological polar surface area (TPSA) is 20.2 Å². The van der Waals surface area contributed by atoms with E-state index in [-0.39, 0.29) is 11.9 Å². The van der Waals surface area contributed by atoms with Crippen LogP contribution in [0.5, 0.6) is 0 Å². The molecule has 1 aliphatic carbocycles. The highest BCUT2D eigenvalue weighted by molar-refractivity contribution is 9.10. The molecule has 1 N–H and O–H groups in total. The Morgan fingerprint density at radius 3 is 2.63 bits per heavy atom. The highest BCUT2D eigenvalue weighted by Gasteiger charge is 2.26. The largest absolute Gasteiger partial charge is 0.392 e. The van der Waals surface area contributed by atoms with E-state index in [9.17, 15) is 9.50 Å². The number of hydrogen-bond donors (Lipinski definition) is 1. The second-order valence-corrected chi connectivity index (χ2v) is 6.47. The van der Waals surface area contributed by atoms with Gasteiger partial charge in [-0.25, -0.2) is 4.39 Å². The normalized spacial score (nSPS) is 25.3. The van der Waals surface area contributed by atoms with Gasteiger partial charge in [0, 0.05) is 0 Å². The number of aliphatic hydroxyl groups is 1. The molecule has 0 aliphatic heterocycles. The van der Waals surface area contributed by atoms with Gasteiger partial charge in [0.2, 0.25) is 0 Å². The molecule has 0 radical (unpaired) electrons. The lowest BCUT2D eigenvalue weighted by molar-refractivity contribution is 0.0733. The lowest BCUT2D eigenvalue weighted by atomic mass is 9.77. The van der Waals surface area contributed by atoms with Crippen LogP contribution in [0.1, 0.15) is 44.6 Å². The molecule has 0 amide bonds. The number of aliphatic hydroxyl groups excluding tert-OH is 1. The van der Waals surface area contributed by atoms with Crippen molar-refractivity contribution in [1.29, 1.82) is 0 Å². The van der Waals surface area contributed by atoms with Gasteiger partial charge in [0.05, 0.1) is 10.6 Å². The van der Waals surface area contributed by atoms with Crippen molar-refractivity contribution in [2.75, 3.05) is 0 Å². The van der Waals surface area contributed by atoms with Crippen molar-refractivity contribution in [1.82, 2.24) is 0 Å². The molecular formula is C16H22BrFO. The molecule has 0 saturated heterocycles. The molecule has 2 rings (SSSR count). The summed E-state index contributed by atoms with van der Waals surface area (Å²) in [4.78, 5) is 0. The van der Waals surface area contributed by atoms with Gasteiger partial charge in [0.25, 0.3) is 0 Å². The van der Waals surface area contributed by atoms with Gasteiger partial charge < -0.3 is 5.11 Å². The average molecular weight is 329 g/mol. The smallest absolute Gasteiger partial charge is 0.137 e. The number of rotatable bonds is 4. The Bertz CT molecular complexity index is 413. The summed E-state index contributed by atoms with van der Waals surface area (Å²) in [5, 5.41) is 10.4. The third kappa shape index (κ3) is 3.79. The first-order chi connectivity index (χ1) is 9.11. The summed E-state index contributed by atoms with van der Waals surface area (Å²) >= 11 is 3.27. The van der Waals surface area contributed by atoms with Gasteiger partial charge in [0.1, 0.15) is 5.82 Å². The quantitative estimate of drug-likeness (QED) is 0.848. The molecular weight excluding hydrogens is 307 g/mol. The summed E-state index contributed by atoms with van der Waals surface area (Å²) in [7, 11) is 0. The zero-order valence-corrected chi connectivity index (χ0v) is 13.0. The highest BCUT2D eigenvalue weighted by Crippen LogP contribution is 2.34. The molecule has 106 valence electrons. The van der Waals surface area contributed by atoms with Crippen molar-refractivity contribution in [2.45, 2.75) is 51.6 Å². The molecule has 19 heavy (non-hydrogen) atoms. The highest BCUT2D eigenvalue weighted by atomic mass is 79.9. The van der Waals surface area contributed by atoms with Crippen molar-refractivity contribution < 1.29 is 9.50 Å². The third-order valence-electron chi connectivity index (χ3n) is 4.47. The van der Waals surface area contributed by atoms with E-state index in [0.717, 1.165) is 24.3 Å². The van der Waals surface area contributed by atoms with Crippen molar-refractivity contribution in [2.24, 2.45) is 11.8 Å². The van der Waals surface area contributed by atoms with Crippen LogP contribution in [0.2, 0.25) is 0 Å². The van der Waals surface area contributed by atoms with E-state index in [0.29, 0.717) is 16.8 Å². The monoisotopic (exact) mass is 328 g/mol. The number of benzene rings is 1. The van der Waals surface area contributed by atoms with Gasteiger partial charge in [-0.1, -0.05) is 38.3 Å². The van der Waals surface area contributed by atoms with E-state index in [1.807, 2.05) is 6.07 Å². The van der Waals surface area contributed by atoms with Crippen molar-refractivity contribution in [3.63, 3.8) is 0 Å². The van der Waals surface area contributed by atoms with Crippen LogP contribution in [-0.2, 0) is 6.42 Å². The van der Waals surface area contributed by atoms with Crippen LogP contribution in [0.3, 0.4) is 0 Å². The molecule has 1 unspecified atom stereocenters. The van der Waals surface area contributed by atoms with E-state index in [1.54, 1.807) is 6.07 Å². The van der Waals surface area contributed by atoms with Crippen molar-refractivity contribution in [3.05, 3.63) is 34.1 Å². The van der Waals surface area contributed by atoms with Crippen LogP contribution in [-0.4, -0.2) is 11.2 Å². The average Bonchev–Trinajstić information content (AvgIpc) is 2.44. The first-order valence-electron chi connectivity index (χ1n) is 7.22. The summed E-state index contributed by atoms with van der Waals surface area (Å²) in [6, 6.07) is 5.02. The number of halogens is 2. The summed E-state index contributed by atoms with van der Waals surface area (Å²) in [5.41, 5.74) is 0.866. The summed E-state index contributed by atoms with van der Waals surface area (Å²) < 4.78 is 13.9.